The first-order valence-electron chi connectivity index (χ1n) is 17.5. The summed E-state index contributed by atoms with van der Waals surface area (Å²) in [6, 6.07) is 0. The van der Waals surface area contributed by atoms with Crippen molar-refractivity contribution in [2.75, 3.05) is 6.61 Å². The van der Waals surface area contributed by atoms with Gasteiger partial charge in [-0.2, -0.15) is 0 Å². The van der Waals surface area contributed by atoms with Crippen molar-refractivity contribution >= 4 is 0 Å². The molecule has 3 saturated heterocycles. The largest absolute Gasteiger partial charge is 0.388 e. The van der Waals surface area contributed by atoms with E-state index in [9.17, 15) is 25.5 Å². The molecule has 8 aliphatic rings. The van der Waals surface area contributed by atoms with E-state index in [0.717, 1.165) is 44.9 Å². The molecule has 3 aliphatic heterocycles. The minimum Gasteiger partial charge on any atom is -0.388 e. The number of aliphatic hydroxyl groups excluding tert-OH is 4. The lowest BCUT2D eigenvalue weighted by atomic mass is 9.41. The van der Waals surface area contributed by atoms with Gasteiger partial charge in [-0.1, -0.05) is 34.6 Å². The first kappa shape index (κ1) is 30.9. The topological polar surface area (TPSA) is 138 Å². The molecule has 5 aliphatic carbocycles. The Morgan fingerprint density at radius 3 is 2.23 bits per heavy atom. The molecule has 9 nitrogen and oxygen atoms in total. The molecule has 5 N–H and O–H groups in total. The second-order valence-corrected chi connectivity index (χ2v) is 18.3. The summed E-state index contributed by atoms with van der Waals surface area (Å²) in [5.41, 5.74) is -1.39. The summed E-state index contributed by atoms with van der Waals surface area (Å²) in [4.78, 5) is 0. The number of hydrogen-bond acceptors (Lipinski definition) is 9. The molecule has 3 heterocycles. The molecule has 0 amide bonds. The van der Waals surface area contributed by atoms with Crippen LogP contribution in [-0.4, -0.2) is 92.5 Å². The van der Waals surface area contributed by atoms with Gasteiger partial charge in [0.15, 0.2) is 12.1 Å². The van der Waals surface area contributed by atoms with E-state index in [1.807, 2.05) is 0 Å². The minimum absolute atomic E-state index is 0.0559. The predicted octanol–water partition coefficient (Wildman–Crippen LogP) is 3.12. The van der Waals surface area contributed by atoms with Crippen molar-refractivity contribution in [2.45, 2.75) is 160 Å². The summed E-state index contributed by atoms with van der Waals surface area (Å²) in [6.45, 7) is 15.2. The molecule has 3 spiro atoms. The highest BCUT2D eigenvalue weighted by molar-refractivity contribution is 5.34. The van der Waals surface area contributed by atoms with Crippen LogP contribution in [0.1, 0.15) is 99.8 Å². The van der Waals surface area contributed by atoms with Crippen molar-refractivity contribution in [3.63, 3.8) is 0 Å². The van der Waals surface area contributed by atoms with Crippen molar-refractivity contribution < 1.29 is 44.5 Å². The maximum Gasteiger partial charge on any atom is 0.199 e. The molecular formula is C35H56O9. The van der Waals surface area contributed by atoms with Gasteiger partial charge in [0.05, 0.1) is 24.4 Å². The highest BCUT2D eigenvalue weighted by Gasteiger charge is 2.88. The molecule has 5 saturated carbocycles. The van der Waals surface area contributed by atoms with E-state index < -0.39 is 48.2 Å². The molecule has 0 aromatic carbocycles. The maximum absolute atomic E-state index is 12.7. The lowest BCUT2D eigenvalue weighted by Crippen LogP contribution is -2.61. The normalized spacial score (nSPS) is 62.2. The summed E-state index contributed by atoms with van der Waals surface area (Å²) < 4.78 is 25.8. The van der Waals surface area contributed by atoms with Crippen molar-refractivity contribution in [3.05, 3.63) is 0 Å². The number of aliphatic hydroxyl groups is 5. The standard InChI is InChI=1S/C35H56O9/c1-17-14-19-26(30(4,5)40)44-35(43-19)25(17)31(6)12-13-34-16-33(34)11-10-22(42-27-24(38)23(37)18(36)15-41-27)29(2,3)20(33)8-9-21(34)32(31,7)28(35)39/h17-28,36-40H,8-16H2,1-7H3/t17-,18-,19?,20+,21?,22+,23+,24-,25-,26+,27+,28-,31-,32-,33-,34+,35?/m1/s1. The summed E-state index contributed by atoms with van der Waals surface area (Å²) in [5, 5.41) is 54.5. The third-order valence-corrected chi connectivity index (χ3v) is 15.9. The van der Waals surface area contributed by atoms with E-state index in [2.05, 4.69) is 34.6 Å². The van der Waals surface area contributed by atoms with Crippen molar-refractivity contribution in [3.8, 4) is 0 Å². The summed E-state index contributed by atoms with van der Waals surface area (Å²) in [5.74, 6) is 0.108. The molecule has 0 radical (unpaired) electrons. The average Bonchev–Trinajstić information content (AvgIpc) is 3.45. The second kappa shape index (κ2) is 9.00. The molecule has 2 bridgehead atoms. The van der Waals surface area contributed by atoms with E-state index in [1.165, 1.54) is 6.42 Å². The summed E-state index contributed by atoms with van der Waals surface area (Å²) in [7, 11) is 0. The van der Waals surface area contributed by atoms with Gasteiger partial charge in [0, 0.05) is 11.3 Å². The molecule has 250 valence electrons. The summed E-state index contributed by atoms with van der Waals surface area (Å²) >= 11 is 0. The van der Waals surface area contributed by atoms with Gasteiger partial charge in [0.1, 0.15) is 30.5 Å². The van der Waals surface area contributed by atoms with Gasteiger partial charge in [-0.25, -0.2) is 0 Å². The van der Waals surface area contributed by atoms with Crippen LogP contribution in [0.3, 0.4) is 0 Å². The SMILES string of the molecule is C[C@@H]1CC2OC3(O[C@@H]2C(C)(C)O)[C@H]1[C@@]1(C)CC[C@@]24C[C@@]25CC[C@H](O[C@@H]2OC[C@@H](O)[C@H](O)[C@H]2O)C(C)(C)[C@@H]5CCC4[C@]1(C)[C@H]3O. The Morgan fingerprint density at radius 1 is 0.841 bits per heavy atom. The minimum atomic E-state index is -1.28. The zero-order valence-electron chi connectivity index (χ0n) is 27.7. The highest BCUT2D eigenvalue weighted by Crippen LogP contribution is 2.90. The van der Waals surface area contributed by atoms with Gasteiger partial charge in [-0.05, 0) is 105 Å². The summed E-state index contributed by atoms with van der Waals surface area (Å²) in [6.07, 6.45) is 2.00. The van der Waals surface area contributed by atoms with E-state index in [-0.39, 0.29) is 51.8 Å². The molecule has 44 heavy (non-hydrogen) atoms. The fourth-order valence-electron chi connectivity index (χ4n) is 14.0. The number of fused-ring (bicyclic) bond motifs is 4. The van der Waals surface area contributed by atoms with Crippen LogP contribution in [0.5, 0.6) is 0 Å². The number of ether oxygens (including phenoxy) is 4. The second-order valence-electron chi connectivity index (χ2n) is 18.3. The van der Waals surface area contributed by atoms with Gasteiger partial charge in [-0.3, -0.25) is 0 Å². The van der Waals surface area contributed by atoms with Crippen molar-refractivity contribution in [1.29, 1.82) is 0 Å². The van der Waals surface area contributed by atoms with Crippen molar-refractivity contribution in [2.24, 2.45) is 50.7 Å². The zero-order valence-corrected chi connectivity index (χ0v) is 27.7. The maximum atomic E-state index is 12.7. The molecule has 8 fully saturated rings. The van der Waals surface area contributed by atoms with Crippen LogP contribution in [0.2, 0.25) is 0 Å². The molecule has 0 aromatic rings. The molecule has 9 heteroatoms. The van der Waals surface area contributed by atoms with Crippen LogP contribution in [0, 0.1) is 50.7 Å². The third kappa shape index (κ3) is 3.38. The molecular weight excluding hydrogens is 564 g/mol. The van der Waals surface area contributed by atoms with Crippen LogP contribution < -0.4 is 0 Å². The average molecular weight is 621 g/mol. The number of hydrogen-bond donors (Lipinski definition) is 5. The fraction of sp³-hybridized carbons (Fsp3) is 1.00. The lowest BCUT2D eigenvalue weighted by molar-refractivity contribution is -0.303. The smallest absolute Gasteiger partial charge is 0.199 e. The van der Waals surface area contributed by atoms with Gasteiger partial charge < -0.3 is 44.5 Å². The Labute approximate surface area is 262 Å². The Bertz CT molecular complexity index is 1200. The Hall–Kier alpha value is -0.360. The van der Waals surface area contributed by atoms with Crippen molar-refractivity contribution in [1.82, 2.24) is 0 Å². The quantitative estimate of drug-likeness (QED) is 0.301. The van der Waals surface area contributed by atoms with E-state index in [1.54, 1.807) is 13.8 Å². The number of rotatable bonds is 3. The third-order valence-electron chi connectivity index (χ3n) is 15.9. The molecule has 0 aromatic heterocycles. The zero-order chi connectivity index (χ0) is 31.6. The Morgan fingerprint density at radius 2 is 1.52 bits per heavy atom. The van der Waals surface area contributed by atoms with Crippen LogP contribution in [0.15, 0.2) is 0 Å². The Kier molecular flexibility index (Phi) is 6.33. The monoisotopic (exact) mass is 620 g/mol. The lowest BCUT2D eigenvalue weighted by Gasteiger charge is -2.63. The molecule has 17 atom stereocenters. The van der Waals surface area contributed by atoms with Gasteiger partial charge in [0.2, 0.25) is 0 Å². The van der Waals surface area contributed by atoms with Crippen LogP contribution in [0.4, 0.5) is 0 Å². The van der Waals surface area contributed by atoms with E-state index >= 15 is 0 Å². The first-order chi connectivity index (χ1) is 20.4. The van der Waals surface area contributed by atoms with Gasteiger partial charge in [0.25, 0.3) is 0 Å². The first-order valence-corrected chi connectivity index (χ1v) is 17.5. The van der Waals surface area contributed by atoms with Crippen LogP contribution >= 0.6 is 0 Å². The van der Waals surface area contributed by atoms with E-state index in [4.69, 9.17) is 18.9 Å². The van der Waals surface area contributed by atoms with Gasteiger partial charge >= 0.3 is 0 Å². The Balaban J connectivity index is 1.10. The molecule has 3 unspecified atom stereocenters. The van der Waals surface area contributed by atoms with Gasteiger partial charge in [-0.15, -0.1) is 0 Å². The fourth-order valence-corrected chi connectivity index (χ4v) is 14.0. The highest BCUT2D eigenvalue weighted by atomic mass is 16.8. The van der Waals surface area contributed by atoms with Crippen LogP contribution in [-0.2, 0) is 18.9 Å². The molecule has 8 rings (SSSR count). The predicted molar refractivity (Wildman–Crippen MR) is 159 cm³/mol. The van der Waals surface area contributed by atoms with Crippen LogP contribution in [0.25, 0.3) is 0 Å². The van der Waals surface area contributed by atoms with E-state index in [0.29, 0.717) is 17.8 Å².